The zero-order valence-corrected chi connectivity index (χ0v) is 12.2. The van der Waals surface area contributed by atoms with E-state index in [9.17, 15) is 9.18 Å². The molecule has 0 aliphatic heterocycles. The van der Waals surface area contributed by atoms with Gasteiger partial charge < -0.3 is 5.32 Å². The Balaban J connectivity index is 2.09. The molecule has 0 saturated carbocycles. The Hall–Kier alpha value is -1.58. The summed E-state index contributed by atoms with van der Waals surface area (Å²) in [5.41, 5.74) is 1.94. The third-order valence-corrected chi connectivity index (χ3v) is 3.42. The van der Waals surface area contributed by atoms with Gasteiger partial charge in [0.15, 0.2) is 0 Å². The van der Waals surface area contributed by atoms with Crippen molar-refractivity contribution in [3.05, 3.63) is 63.4 Å². The molecule has 0 atom stereocenters. The second-order valence-electron chi connectivity index (χ2n) is 4.42. The van der Waals surface area contributed by atoms with Crippen molar-refractivity contribution in [1.82, 2.24) is 0 Å². The molecule has 0 fully saturated rings. The number of rotatable bonds is 3. The first-order chi connectivity index (χ1) is 9.45. The number of anilines is 1. The first kappa shape index (κ1) is 14.8. The van der Waals surface area contributed by atoms with Crippen molar-refractivity contribution >= 4 is 34.8 Å². The molecule has 2 nitrogen and oxygen atoms in total. The third-order valence-electron chi connectivity index (χ3n) is 2.83. The summed E-state index contributed by atoms with van der Waals surface area (Å²) in [5.74, 6) is -0.551. The second kappa shape index (κ2) is 6.25. The molecule has 0 spiro atoms. The minimum atomic E-state index is -0.332. The molecule has 1 N–H and O–H groups in total. The summed E-state index contributed by atoms with van der Waals surface area (Å²) in [6.07, 6.45) is 0.132. The molecular weight excluding hydrogens is 300 g/mol. The van der Waals surface area contributed by atoms with Crippen molar-refractivity contribution in [3.63, 3.8) is 0 Å². The highest BCUT2D eigenvalue weighted by atomic mass is 35.5. The summed E-state index contributed by atoms with van der Waals surface area (Å²) in [5, 5.41) is 3.70. The Kier molecular flexibility index (Phi) is 4.63. The first-order valence-corrected chi connectivity index (χ1v) is 6.71. The smallest absolute Gasteiger partial charge is 0.228 e. The van der Waals surface area contributed by atoms with Gasteiger partial charge in [-0.2, -0.15) is 0 Å². The lowest BCUT2D eigenvalue weighted by Crippen LogP contribution is -2.15. The fraction of sp³-hybridized carbons (Fsp3) is 0.133. The largest absolute Gasteiger partial charge is 0.326 e. The maximum absolute atomic E-state index is 13.0. The molecular formula is C15H12Cl2FNO. The van der Waals surface area contributed by atoms with Gasteiger partial charge in [0.25, 0.3) is 0 Å². The van der Waals surface area contributed by atoms with Gasteiger partial charge in [0.2, 0.25) is 5.91 Å². The lowest BCUT2D eigenvalue weighted by atomic mass is 10.1. The minimum Gasteiger partial charge on any atom is -0.326 e. The van der Waals surface area contributed by atoms with E-state index in [1.54, 1.807) is 25.1 Å². The number of hydrogen-bond donors (Lipinski definition) is 1. The van der Waals surface area contributed by atoms with Crippen LogP contribution in [0.3, 0.4) is 0 Å². The Morgan fingerprint density at radius 2 is 1.95 bits per heavy atom. The van der Waals surface area contributed by atoms with Crippen molar-refractivity contribution in [3.8, 4) is 0 Å². The molecule has 0 saturated heterocycles. The normalized spacial score (nSPS) is 10.4. The van der Waals surface area contributed by atoms with Crippen LogP contribution in [0.15, 0.2) is 36.4 Å². The van der Waals surface area contributed by atoms with Crippen LogP contribution in [-0.4, -0.2) is 5.91 Å². The number of hydrogen-bond acceptors (Lipinski definition) is 1. The lowest BCUT2D eigenvalue weighted by Gasteiger charge is -2.09. The Morgan fingerprint density at radius 1 is 1.20 bits per heavy atom. The summed E-state index contributed by atoms with van der Waals surface area (Å²) in [7, 11) is 0. The molecule has 0 unspecified atom stereocenters. The number of nitrogens with one attached hydrogen (secondary N) is 1. The number of carbonyl (C=O) groups is 1. The van der Waals surface area contributed by atoms with Gasteiger partial charge in [-0.1, -0.05) is 29.3 Å². The lowest BCUT2D eigenvalue weighted by molar-refractivity contribution is -0.115. The predicted octanol–water partition coefficient (Wildman–Crippen LogP) is 4.62. The van der Waals surface area contributed by atoms with E-state index in [0.29, 0.717) is 26.9 Å². The second-order valence-corrected chi connectivity index (χ2v) is 5.26. The molecule has 0 aliphatic carbocycles. The molecule has 2 aromatic rings. The van der Waals surface area contributed by atoms with Gasteiger partial charge in [-0.25, -0.2) is 4.39 Å². The van der Waals surface area contributed by atoms with Crippen molar-refractivity contribution < 1.29 is 9.18 Å². The van der Waals surface area contributed by atoms with Crippen LogP contribution in [0.25, 0.3) is 0 Å². The van der Waals surface area contributed by atoms with Crippen LogP contribution in [0.5, 0.6) is 0 Å². The highest BCUT2D eigenvalue weighted by Crippen LogP contribution is 2.22. The van der Waals surface area contributed by atoms with Crippen LogP contribution in [0.1, 0.15) is 11.1 Å². The standard InChI is InChI=1S/C15H12Cl2FNO/c1-9-6-12(18)4-5-14(9)19-15(20)7-10-2-3-11(16)8-13(10)17/h2-6,8H,7H2,1H3,(H,19,20). The van der Waals surface area contributed by atoms with Crippen LogP contribution in [0, 0.1) is 12.7 Å². The van der Waals surface area contributed by atoms with Gasteiger partial charge in [-0.3, -0.25) is 4.79 Å². The van der Waals surface area contributed by atoms with Crippen molar-refractivity contribution in [2.24, 2.45) is 0 Å². The van der Waals surface area contributed by atoms with Crippen molar-refractivity contribution in [1.29, 1.82) is 0 Å². The Bertz CT molecular complexity index is 603. The van der Waals surface area contributed by atoms with Crippen molar-refractivity contribution in [2.75, 3.05) is 5.32 Å². The fourth-order valence-corrected chi connectivity index (χ4v) is 2.28. The van der Waals surface area contributed by atoms with Crippen molar-refractivity contribution in [2.45, 2.75) is 13.3 Å². The quantitative estimate of drug-likeness (QED) is 0.880. The first-order valence-electron chi connectivity index (χ1n) is 5.95. The van der Waals surface area contributed by atoms with Gasteiger partial charge >= 0.3 is 0 Å². The Labute approximate surface area is 126 Å². The van der Waals surface area contributed by atoms with Crippen LogP contribution >= 0.6 is 23.2 Å². The average Bonchev–Trinajstić information content (AvgIpc) is 2.36. The fourth-order valence-electron chi connectivity index (χ4n) is 1.80. The van der Waals surface area contributed by atoms with E-state index in [1.165, 1.54) is 18.2 Å². The van der Waals surface area contributed by atoms with E-state index in [0.717, 1.165) is 0 Å². The molecule has 0 bridgehead atoms. The molecule has 2 rings (SSSR count). The molecule has 0 aliphatic rings. The number of aryl methyl sites for hydroxylation is 1. The summed E-state index contributed by atoms with van der Waals surface area (Å²) >= 11 is 11.8. The summed E-state index contributed by atoms with van der Waals surface area (Å²) in [6.45, 7) is 1.73. The van der Waals surface area contributed by atoms with Gasteiger partial charge in [-0.15, -0.1) is 0 Å². The monoisotopic (exact) mass is 311 g/mol. The van der Waals surface area contributed by atoms with Gasteiger partial charge in [-0.05, 0) is 48.4 Å². The topological polar surface area (TPSA) is 29.1 Å². The van der Waals surface area contributed by atoms with Gasteiger partial charge in [0, 0.05) is 15.7 Å². The van der Waals surface area contributed by atoms with E-state index in [-0.39, 0.29) is 18.1 Å². The molecule has 5 heteroatoms. The van der Waals surface area contributed by atoms with Gasteiger partial charge in [0.05, 0.1) is 6.42 Å². The zero-order chi connectivity index (χ0) is 14.7. The summed E-state index contributed by atoms with van der Waals surface area (Å²) < 4.78 is 13.0. The minimum absolute atomic E-state index is 0.132. The third kappa shape index (κ3) is 3.71. The van der Waals surface area contributed by atoms with E-state index < -0.39 is 0 Å². The zero-order valence-electron chi connectivity index (χ0n) is 10.7. The highest BCUT2D eigenvalue weighted by molar-refractivity contribution is 6.35. The molecule has 20 heavy (non-hydrogen) atoms. The van der Waals surface area contributed by atoms with Crippen LogP contribution < -0.4 is 5.32 Å². The SMILES string of the molecule is Cc1cc(F)ccc1NC(=O)Cc1ccc(Cl)cc1Cl. The number of carbonyl (C=O) groups excluding carboxylic acids is 1. The van der Waals surface area contributed by atoms with E-state index in [1.807, 2.05) is 0 Å². The van der Waals surface area contributed by atoms with E-state index in [4.69, 9.17) is 23.2 Å². The van der Waals surface area contributed by atoms with E-state index >= 15 is 0 Å². The molecule has 104 valence electrons. The number of amides is 1. The Morgan fingerprint density at radius 3 is 2.60 bits per heavy atom. The molecule has 1 amide bonds. The highest BCUT2D eigenvalue weighted by Gasteiger charge is 2.09. The maximum Gasteiger partial charge on any atom is 0.228 e. The van der Waals surface area contributed by atoms with Crippen LogP contribution in [0.2, 0.25) is 10.0 Å². The van der Waals surface area contributed by atoms with Gasteiger partial charge in [0.1, 0.15) is 5.82 Å². The maximum atomic E-state index is 13.0. The predicted molar refractivity (Wildman–Crippen MR) is 79.9 cm³/mol. The average molecular weight is 312 g/mol. The van der Waals surface area contributed by atoms with Crippen LogP contribution in [-0.2, 0) is 11.2 Å². The van der Waals surface area contributed by atoms with Crippen LogP contribution in [0.4, 0.5) is 10.1 Å². The summed E-state index contributed by atoms with van der Waals surface area (Å²) in [6, 6.07) is 9.19. The summed E-state index contributed by atoms with van der Waals surface area (Å²) in [4.78, 5) is 12.0. The number of benzene rings is 2. The number of halogens is 3. The van der Waals surface area contributed by atoms with E-state index in [2.05, 4.69) is 5.32 Å². The molecule has 2 aromatic carbocycles. The molecule has 0 aromatic heterocycles. The molecule has 0 radical (unpaired) electrons. The molecule has 0 heterocycles.